The zero-order valence-electron chi connectivity index (χ0n) is 13.3. The summed E-state index contributed by atoms with van der Waals surface area (Å²) in [5.74, 6) is 0. The number of nitrogens with one attached hydrogen (secondary N) is 1. The van der Waals surface area contributed by atoms with Crippen LogP contribution < -0.4 is 5.32 Å². The molecule has 0 aromatic rings. The second-order valence-corrected chi connectivity index (χ2v) is 5.96. The van der Waals surface area contributed by atoms with Gasteiger partial charge in [-0.25, -0.2) is 0 Å². The Balaban J connectivity index is 3.40. The normalized spacial score (nSPS) is 12.7. The molecule has 0 unspecified atom stereocenters. The first-order valence-corrected chi connectivity index (χ1v) is 6.97. The number of likely N-dealkylation sites (N-methyl/N-ethyl adjacent to an activating group) is 2. The van der Waals surface area contributed by atoms with E-state index >= 15 is 0 Å². The Morgan fingerprint density at radius 2 is 1.61 bits per heavy atom. The summed E-state index contributed by atoms with van der Waals surface area (Å²) >= 11 is 0. The van der Waals surface area contributed by atoms with E-state index in [-0.39, 0.29) is 5.54 Å². The summed E-state index contributed by atoms with van der Waals surface area (Å²) in [6, 6.07) is 0. The van der Waals surface area contributed by atoms with Gasteiger partial charge in [-0.1, -0.05) is 0 Å². The minimum absolute atomic E-state index is 0.253. The number of hydrogen-bond donors (Lipinski definition) is 1. The quantitative estimate of drug-likeness (QED) is 0.566. The van der Waals surface area contributed by atoms with Crippen molar-refractivity contribution in [2.45, 2.75) is 32.2 Å². The molecule has 4 nitrogen and oxygen atoms in total. The van der Waals surface area contributed by atoms with Crippen LogP contribution in [0.1, 0.15) is 26.7 Å². The standard InChI is InChI=1S/C14H33N3O/c1-14(2,15-3)8-7-9-17(6)11-13-18-12-10-16(4)5/h15H,7-13H2,1-6H3. The zero-order valence-corrected chi connectivity index (χ0v) is 13.3. The van der Waals surface area contributed by atoms with Crippen LogP contribution >= 0.6 is 0 Å². The summed E-state index contributed by atoms with van der Waals surface area (Å²) in [5.41, 5.74) is 0.253. The molecule has 0 atom stereocenters. The summed E-state index contributed by atoms with van der Waals surface area (Å²) in [6.45, 7) is 9.32. The molecule has 1 N–H and O–H groups in total. The van der Waals surface area contributed by atoms with Crippen molar-refractivity contribution in [1.82, 2.24) is 15.1 Å². The molecular weight excluding hydrogens is 226 g/mol. The molecule has 0 aliphatic rings. The Morgan fingerprint density at radius 3 is 2.17 bits per heavy atom. The molecule has 4 heteroatoms. The summed E-state index contributed by atoms with van der Waals surface area (Å²) in [6.07, 6.45) is 2.43. The Hall–Kier alpha value is -0.160. The number of nitrogens with zero attached hydrogens (tertiary/aromatic N) is 2. The van der Waals surface area contributed by atoms with Crippen molar-refractivity contribution < 1.29 is 4.74 Å². The molecule has 0 aromatic carbocycles. The number of hydrogen-bond acceptors (Lipinski definition) is 4. The Labute approximate surface area is 114 Å². The summed E-state index contributed by atoms with van der Waals surface area (Å²) in [7, 11) is 8.34. The van der Waals surface area contributed by atoms with E-state index in [2.05, 4.69) is 50.1 Å². The molecule has 0 amide bonds. The molecule has 0 heterocycles. The van der Waals surface area contributed by atoms with Gasteiger partial charge in [-0.05, 0) is 61.4 Å². The Bertz CT molecular complexity index is 195. The molecule has 0 radical (unpaired) electrons. The SMILES string of the molecule is CNC(C)(C)CCCN(C)CCOCCN(C)C. The Morgan fingerprint density at radius 1 is 1.00 bits per heavy atom. The molecule has 0 fully saturated rings. The summed E-state index contributed by atoms with van der Waals surface area (Å²) in [5, 5.41) is 3.34. The third kappa shape index (κ3) is 11.0. The van der Waals surface area contributed by atoms with Crippen molar-refractivity contribution in [2.75, 3.05) is 61.0 Å². The monoisotopic (exact) mass is 259 g/mol. The van der Waals surface area contributed by atoms with Gasteiger partial charge in [0, 0.05) is 18.6 Å². The van der Waals surface area contributed by atoms with Gasteiger partial charge in [-0.3, -0.25) is 0 Å². The lowest BCUT2D eigenvalue weighted by atomic mass is 9.99. The highest BCUT2D eigenvalue weighted by molar-refractivity contribution is 4.75. The van der Waals surface area contributed by atoms with E-state index in [0.29, 0.717) is 0 Å². The fourth-order valence-electron chi connectivity index (χ4n) is 1.60. The highest BCUT2D eigenvalue weighted by atomic mass is 16.5. The van der Waals surface area contributed by atoms with Gasteiger partial charge in [0.15, 0.2) is 0 Å². The molecule has 0 rings (SSSR count). The van der Waals surface area contributed by atoms with E-state index in [9.17, 15) is 0 Å². The van der Waals surface area contributed by atoms with Crippen molar-refractivity contribution in [1.29, 1.82) is 0 Å². The second kappa shape index (κ2) is 9.73. The van der Waals surface area contributed by atoms with Gasteiger partial charge in [-0.15, -0.1) is 0 Å². The van der Waals surface area contributed by atoms with E-state index < -0.39 is 0 Å². The lowest BCUT2D eigenvalue weighted by Gasteiger charge is -2.25. The predicted octanol–water partition coefficient (Wildman–Crippen LogP) is 1.27. The third-order valence-corrected chi connectivity index (χ3v) is 3.32. The van der Waals surface area contributed by atoms with E-state index in [0.717, 1.165) is 32.8 Å². The van der Waals surface area contributed by atoms with E-state index in [1.807, 2.05) is 7.05 Å². The van der Waals surface area contributed by atoms with Crippen LogP contribution in [0, 0.1) is 0 Å². The van der Waals surface area contributed by atoms with Gasteiger partial charge >= 0.3 is 0 Å². The van der Waals surface area contributed by atoms with E-state index in [1.54, 1.807) is 0 Å². The van der Waals surface area contributed by atoms with Crippen LogP contribution in [0.2, 0.25) is 0 Å². The first-order chi connectivity index (χ1) is 8.37. The molecule has 0 spiro atoms. The van der Waals surface area contributed by atoms with Crippen LogP contribution in [-0.4, -0.2) is 76.4 Å². The van der Waals surface area contributed by atoms with Gasteiger partial charge in [0.05, 0.1) is 13.2 Å². The molecule has 18 heavy (non-hydrogen) atoms. The van der Waals surface area contributed by atoms with Gasteiger partial charge < -0.3 is 19.9 Å². The smallest absolute Gasteiger partial charge is 0.0593 e. The van der Waals surface area contributed by atoms with E-state index in [4.69, 9.17) is 4.74 Å². The van der Waals surface area contributed by atoms with Crippen molar-refractivity contribution in [2.24, 2.45) is 0 Å². The molecule has 0 bridgehead atoms. The van der Waals surface area contributed by atoms with E-state index in [1.165, 1.54) is 12.8 Å². The van der Waals surface area contributed by atoms with Gasteiger partial charge in [0.1, 0.15) is 0 Å². The first-order valence-electron chi connectivity index (χ1n) is 6.97. The molecule has 0 aliphatic heterocycles. The van der Waals surface area contributed by atoms with Gasteiger partial charge in [0.25, 0.3) is 0 Å². The molecule has 0 aliphatic carbocycles. The number of ether oxygens (including phenoxy) is 1. The van der Waals surface area contributed by atoms with Crippen LogP contribution in [0.5, 0.6) is 0 Å². The van der Waals surface area contributed by atoms with Crippen LogP contribution in [0.15, 0.2) is 0 Å². The molecule has 0 aromatic heterocycles. The lowest BCUT2D eigenvalue weighted by Crippen LogP contribution is -2.37. The van der Waals surface area contributed by atoms with Crippen LogP contribution in [-0.2, 0) is 4.74 Å². The van der Waals surface area contributed by atoms with Crippen molar-refractivity contribution in [3.63, 3.8) is 0 Å². The summed E-state index contributed by atoms with van der Waals surface area (Å²) < 4.78 is 5.59. The minimum atomic E-state index is 0.253. The maximum Gasteiger partial charge on any atom is 0.0593 e. The van der Waals surface area contributed by atoms with Crippen molar-refractivity contribution in [3.05, 3.63) is 0 Å². The maximum absolute atomic E-state index is 5.59. The fourth-order valence-corrected chi connectivity index (χ4v) is 1.60. The topological polar surface area (TPSA) is 27.7 Å². The third-order valence-electron chi connectivity index (χ3n) is 3.32. The minimum Gasteiger partial charge on any atom is -0.379 e. The Kier molecular flexibility index (Phi) is 9.64. The largest absolute Gasteiger partial charge is 0.379 e. The fraction of sp³-hybridized carbons (Fsp3) is 1.00. The van der Waals surface area contributed by atoms with Gasteiger partial charge in [0.2, 0.25) is 0 Å². The van der Waals surface area contributed by atoms with Gasteiger partial charge in [-0.2, -0.15) is 0 Å². The summed E-state index contributed by atoms with van der Waals surface area (Å²) in [4.78, 5) is 4.49. The van der Waals surface area contributed by atoms with Crippen LogP contribution in [0.25, 0.3) is 0 Å². The first kappa shape index (κ1) is 17.8. The number of rotatable bonds is 11. The second-order valence-electron chi connectivity index (χ2n) is 5.96. The van der Waals surface area contributed by atoms with Crippen molar-refractivity contribution in [3.8, 4) is 0 Å². The highest BCUT2D eigenvalue weighted by Gasteiger charge is 2.13. The maximum atomic E-state index is 5.59. The van der Waals surface area contributed by atoms with Crippen molar-refractivity contribution >= 4 is 0 Å². The molecule has 110 valence electrons. The highest BCUT2D eigenvalue weighted by Crippen LogP contribution is 2.10. The zero-order chi connectivity index (χ0) is 14.0. The van der Waals surface area contributed by atoms with Crippen LogP contribution in [0.3, 0.4) is 0 Å². The molecular formula is C14H33N3O. The predicted molar refractivity (Wildman–Crippen MR) is 79.2 cm³/mol. The molecule has 0 saturated heterocycles. The molecule has 0 saturated carbocycles. The average Bonchev–Trinajstić information content (AvgIpc) is 2.28. The van der Waals surface area contributed by atoms with Crippen LogP contribution in [0.4, 0.5) is 0 Å². The average molecular weight is 259 g/mol. The lowest BCUT2D eigenvalue weighted by molar-refractivity contribution is 0.0980.